The SMILES string of the molecule is Cc1cccc2c1B(c1c3ccccc3cc[n+]1C)C1Sc3ccccc3C1C2(C)C. The number of nitrogens with zero attached hydrogens (tertiary/aromatic N) is 1. The molecular formula is C28H27BNS+. The van der Waals surface area contributed by atoms with Crippen molar-refractivity contribution in [3.05, 3.63) is 95.7 Å². The third-order valence-corrected chi connectivity index (χ3v) is 9.11. The molecule has 31 heavy (non-hydrogen) atoms. The van der Waals surface area contributed by atoms with Crippen molar-refractivity contribution >= 4 is 40.3 Å². The summed E-state index contributed by atoms with van der Waals surface area (Å²) in [6.07, 6.45) is 2.25. The van der Waals surface area contributed by atoms with Gasteiger partial charge >= 0.3 is 6.71 Å². The molecule has 1 nitrogen and oxygen atoms in total. The van der Waals surface area contributed by atoms with Gasteiger partial charge < -0.3 is 0 Å². The molecule has 3 heteroatoms. The highest BCUT2D eigenvalue weighted by Gasteiger charge is 2.56. The molecule has 0 N–H and O–H groups in total. The summed E-state index contributed by atoms with van der Waals surface area (Å²) in [5.74, 6) is 0.493. The van der Waals surface area contributed by atoms with Crippen LogP contribution in [0.2, 0.25) is 0 Å². The fraction of sp³-hybridized carbons (Fsp3) is 0.250. The molecular weight excluding hydrogens is 393 g/mol. The molecule has 2 aliphatic rings. The van der Waals surface area contributed by atoms with Gasteiger partial charge in [-0.25, -0.2) is 4.57 Å². The maximum Gasteiger partial charge on any atom is 0.308 e. The van der Waals surface area contributed by atoms with Crippen LogP contribution in [0.5, 0.6) is 0 Å². The van der Waals surface area contributed by atoms with E-state index in [1.807, 2.05) is 0 Å². The zero-order valence-corrected chi connectivity index (χ0v) is 19.4. The van der Waals surface area contributed by atoms with E-state index in [0.717, 1.165) is 0 Å². The topological polar surface area (TPSA) is 3.88 Å². The molecule has 6 rings (SSSR count). The van der Waals surface area contributed by atoms with Crippen LogP contribution in [0.25, 0.3) is 10.8 Å². The minimum atomic E-state index is 0.0886. The molecule has 0 aliphatic carbocycles. The molecule has 3 aromatic carbocycles. The van der Waals surface area contributed by atoms with Crippen LogP contribution in [0.3, 0.4) is 0 Å². The number of aryl methyl sites for hydroxylation is 2. The average Bonchev–Trinajstić information content (AvgIpc) is 3.16. The van der Waals surface area contributed by atoms with Crippen LogP contribution >= 0.6 is 11.8 Å². The average molecular weight is 420 g/mol. The normalized spacial score (nSPS) is 21.0. The van der Waals surface area contributed by atoms with Gasteiger partial charge in [0.15, 0.2) is 6.20 Å². The fourth-order valence-corrected chi connectivity index (χ4v) is 8.11. The van der Waals surface area contributed by atoms with E-state index in [1.54, 1.807) is 5.46 Å². The lowest BCUT2D eigenvalue weighted by Gasteiger charge is -2.45. The van der Waals surface area contributed by atoms with E-state index in [1.165, 1.54) is 38.0 Å². The highest BCUT2D eigenvalue weighted by atomic mass is 32.2. The zero-order valence-electron chi connectivity index (χ0n) is 18.6. The molecule has 0 saturated carbocycles. The third-order valence-electron chi connectivity index (χ3n) is 7.67. The Hall–Kier alpha value is -2.52. The molecule has 1 aromatic heterocycles. The predicted octanol–water partition coefficient (Wildman–Crippen LogP) is 4.67. The number of hydrogen-bond acceptors (Lipinski definition) is 1. The monoisotopic (exact) mass is 420 g/mol. The van der Waals surface area contributed by atoms with E-state index in [9.17, 15) is 0 Å². The summed E-state index contributed by atoms with van der Waals surface area (Å²) in [7, 11) is 2.22. The van der Waals surface area contributed by atoms with Crippen molar-refractivity contribution in [2.24, 2.45) is 7.05 Å². The van der Waals surface area contributed by atoms with Crippen LogP contribution < -0.4 is 15.6 Å². The summed E-state index contributed by atoms with van der Waals surface area (Å²) >= 11 is 2.10. The van der Waals surface area contributed by atoms with E-state index < -0.39 is 0 Å². The first kappa shape index (κ1) is 19.2. The standard InChI is InChI=1S/C28H27BNS/c1-18-10-9-14-22-25(18)29(26-20-12-6-5-11-19(20)16-17-30(26)4)27-24(28(22,2)3)21-13-7-8-15-23(21)31-27/h5-17,24,27H,1-4H3/q+1. The van der Waals surface area contributed by atoms with Crippen molar-refractivity contribution in [2.75, 3.05) is 0 Å². The van der Waals surface area contributed by atoms with Gasteiger partial charge in [0, 0.05) is 27.4 Å². The molecule has 0 fully saturated rings. The van der Waals surface area contributed by atoms with E-state index in [2.05, 4.69) is 123 Å². The summed E-state index contributed by atoms with van der Waals surface area (Å²) in [6.45, 7) is 7.58. The second-order valence-electron chi connectivity index (χ2n) is 9.73. The van der Waals surface area contributed by atoms with Crippen molar-refractivity contribution in [1.29, 1.82) is 0 Å². The number of aromatic nitrogens is 1. The van der Waals surface area contributed by atoms with Crippen LogP contribution in [-0.2, 0) is 12.5 Å². The van der Waals surface area contributed by atoms with E-state index in [-0.39, 0.29) is 5.41 Å². The summed E-state index contributed by atoms with van der Waals surface area (Å²) in [6, 6.07) is 27.2. The lowest BCUT2D eigenvalue weighted by molar-refractivity contribution is -0.653. The second-order valence-corrected chi connectivity index (χ2v) is 11.0. The molecule has 2 atom stereocenters. The molecule has 4 aromatic rings. The molecule has 3 heterocycles. The lowest BCUT2D eigenvalue weighted by Crippen LogP contribution is -2.68. The van der Waals surface area contributed by atoms with Gasteiger partial charge in [-0.15, -0.1) is 11.8 Å². The number of rotatable bonds is 1. The summed E-state index contributed by atoms with van der Waals surface area (Å²) in [5, 5.41) is 3.19. The predicted molar refractivity (Wildman–Crippen MR) is 133 cm³/mol. The lowest BCUT2D eigenvalue weighted by atomic mass is 9.30. The van der Waals surface area contributed by atoms with E-state index in [4.69, 9.17) is 0 Å². The minimum absolute atomic E-state index is 0.0886. The van der Waals surface area contributed by atoms with Crippen LogP contribution in [0.1, 0.15) is 36.5 Å². The Bertz CT molecular complexity index is 1340. The largest absolute Gasteiger partial charge is 0.308 e. The smallest absolute Gasteiger partial charge is 0.213 e. The van der Waals surface area contributed by atoms with Crippen molar-refractivity contribution in [3.8, 4) is 0 Å². The summed E-state index contributed by atoms with van der Waals surface area (Å²) in [4.78, 5) is 1.46. The van der Waals surface area contributed by atoms with Gasteiger partial charge in [0.25, 0.3) is 0 Å². The molecule has 0 radical (unpaired) electrons. The Kier molecular flexibility index (Phi) is 4.17. The molecule has 2 aliphatic heterocycles. The quantitative estimate of drug-likeness (QED) is 0.320. The summed E-state index contributed by atoms with van der Waals surface area (Å²) < 4.78 is 2.38. The molecule has 0 saturated heterocycles. The van der Waals surface area contributed by atoms with Crippen LogP contribution in [-0.4, -0.2) is 11.9 Å². The van der Waals surface area contributed by atoms with Gasteiger partial charge in [0.05, 0.1) is 0 Å². The highest BCUT2D eigenvalue weighted by Crippen LogP contribution is 2.56. The number of pyridine rings is 1. The van der Waals surface area contributed by atoms with Gasteiger partial charge in [-0.3, -0.25) is 0 Å². The van der Waals surface area contributed by atoms with Crippen LogP contribution in [0.15, 0.2) is 83.9 Å². The first-order chi connectivity index (χ1) is 15.0. The van der Waals surface area contributed by atoms with E-state index >= 15 is 0 Å². The van der Waals surface area contributed by atoms with Gasteiger partial charge in [0.1, 0.15) is 12.6 Å². The Morgan fingerprint density at radius 2 is 1.68 bits per heavy atom. The van der Waals surface area contributed by atoms with Gasteiger partial charge in [-0.2, -0.15) is 0 Å². The molecule has 152 valence electrons. The minimum Gasteiger partial charge on any atom is -0.213 e. The Morgan fingerprint density at radius 3 is 2.55 bits per heavy atom. The Balaban J connectivity index is 1.71. The number of benzene rings is 3. The van der Waals surface area contributed by atoms with Crippen LogP contribution in [0.4, 0.5) is 0 Å². The first-order valence-corrected chi connectivity index (χ1v) is 12.1. The van der Waals surface area contributed by atoms with Gasteiger partial charge in [-0.1, -0.05) is 79.5 Å². The fourth-order valence-electron chi connectivity index (χ4n) is 6.30. The van der Waals surface area contributed by atoms with Crippen LogP contribution in [0, 0.1) is 6.92 Å². The Morgan fingerprint density at radius 1 is 0.903 bits per heavy atom. The first-order valence-electron chi connectivity index (χ1n) is 11.2. The van der Waals surface area contributed by atoms with Crippen molar-refractivity contribution in [2.45, 2.75) is 42.1 Å². The second kappa shape index (κ2) is 6.74. The van der Waals surface area contributed by atoms with Gasteiger partial charge in [-0.05, 0) is 41.0 Å². The highest BCUT2D eigenvalue weighted by molar-refractivity contribution is 8.02. The van der Waals surface area contributed by atoms with E-state index in [0.29, 0.717) is 17.8 Å². The molecule has 0 spiro atoms. The number of thioether (sulfide) groups is 1. The van der Waals surface area contributed by atoms with Crippen molar-refractivity contribution in [3.63, 3.8) is 0 Å². The molecule has 0 bridgehead atoms. The summed E-state index contributed by atoms with van der Waals surface area (Å²) in [5.41, 5.74) is 7.54. The maximum absolute atomic E-state index is 2.46. The van der Waals surface area contributed by atoms with Crippen molar-refractivity contribution < 1.29 is 4.57 Å². The Labute approximate surface area is 189 Å². The number of hydrogen-bond donors (Lipinski definition) is 0. The zero-order chi connectivity index (χ0) is 21.3. The third kappa shape index (κ3) is 2.62. The number of fused-ring (bicyclic) bond motifs is 5. The van der Waals surface area contributed by atoms with Crippen molar-refractivity contribution in [1.82, 2.24) is 0 Å². The molecule has 2 unspecified atom stereocenters. The maximum atomic E-state index is 2.46. The molecule has 0 amide bonds. The van der Waals surface area contributed by atoms with Gasteiger partial charge in [0.2, 0.25) is 0 Å².